The zero-order chi connectivity index (χ0) is 20.4. The quantitative estimate of drug-likeness (QED) is 0.659. The first-order valence-electron chi connectivity index (χ1n) is 10.6. The monoisotopic (exact) mass is 401 g/mol. The molecule has 2 aliphatic heterocycles. The number of likely N-dealkylation sites (tertiary alicyclic amines) is 2. The second-order valence-corrected chi connectivity index (χ2v) is 8.62. The maximum atomic E-state index is 13.4. The predicted octanol–water partition coefficient (Wildman–Crippen LogP) is 2.02. The van der Waals surface area contributed by atoms with E-state index in [9.17, 15) is 9.59 Å². The molecule has 30 heavy (non-hydrogen) atoms. The molecule has 1 aromatic carbocycles. The molecule has 0 radical (unpaired) electrons. The molecule has 1 aliphatic carbocycles. The zero-order valence-electron chi connectivity index (χ0n) is 16.9. The van der Waals surface area contributed by atoms with E-state index in [0.29, 0.717) is 18.5 Å². The maximum Gasteiger partial charge on any atom is 0.257 e. The number of fused-ring (bicyclic) bond motifs is 3. The van der Waals surface area contributed by atoms with Gasteiger partial charge in [0.05, 0.1) is 29.5 Å². The third-order valence-corrected chi connectivity index (χ3v) is 7.11. The van der Waals surface area contributed by atoms with E-state index >= 15 is 0 Å². The van der Waals surface area contributed by atoms with Crippen LogP contribution in [-0.2, 0) is 17.6 Å². The highest BCUT2D eigenvalue weighted by Crippen LogP contribution is 2.38. The van der Waals surface area contributed by atoms with Gasteiger partial charge in [0.15, 0.2) is 5.65 Å². The summed E-state index contributed by atoms with van der Waals surface area (Å²) in [7, 11) is 0. The van der Waals surface area contributed by atoms with Crippen molar-refractivity contribution in [2.75, 3.05) is 6.54 Å². The van der Waals surface area contributed by atoms with Gasteiger partial charge >= 0.3 is 0 Å². The molecule has 0 unspecified atom stereocenters. The van der Waals surface area contributed by atoms with Crippen molar-refractivity contribution in [1.82, 2.24) is 24.4 Å². The lowest BCUT2D eigenvalue weighted by Gasteiger charge is -2.30. The van der Waals surface area contributed by atoms with Gasteiger partial charge in [-0.1, -0.05) is 24.3 Å². The van der Waals surface area contributed by atoms with Gasteiger partial charge < -0.3 is 9.80 Å². The number of rotatable bonds is 2. The Labute approximate surface area is 174 Å². The van der Waals surface area contributed by atoms with Crippen molar-refractivity contribution >= 4 is 17.5 Å². The Bertz CT molecular complexity index is 1160. The van der Waals surface area contributed by atoms with Crippen molar-refractivity contribution in [3.05, 3.63) is 65.1 Å². The number of carbonyl (C=O) groups excluding carboxylic acids is 2. The average molecular weight is 401 g/mol. The number of hydrogen-bond donors (Lipinski definition) is 0. The largest absolute Gasteiger partial charge is 0.334 e. The smallest absolute Gasteiger partial charge is 0.257 e. The van der Waals surface area contributed by atoms with Crippen LogP contribution < -0.4 is 0 Å². The van der Waals surface area contributed by atoms with Gasteiger partial charge in [0, 0.05) is 31.3 Å². The van der Waals surface area contributed by atoms with Gasteiger partial charge in [-0.3, -0.25) is 9.59 Å². The van der Waals surface area contributed by atoms with Gasteiger partial charge in [0.2, 0.25) is 5.91 Å². The van der Waals surface area contributed by atoms with Gasteiger partial charge in [0.1, 0.15) is 0 Å². The van der Waals surface area contributed by atoms with Crippen molar-refractivity contribution < 1.29 is 9.59 Å². The summed E-state index contributed by atoms with van der Waals surface area (Å²) >= 11 is 0. The van der Waals surface area contributed by atoms with Crippen LogP contribution in [-0.4, -0.2) is 60.9 Å². The number of nitrogens with zero attached hydrogens (tertiary/aromatic N) is 5. The Hall–Kier alpha value is -3.22. The van der Waals surface area contributed by atoms with Crippen molar-refractivity contribution in [2.45, 2.75) is 50.7 Å². The maximum absolute atomic E-state index is 13.4. The van der Waals surface area contributed by atoms with E-state index in [1.807, 2.05) is 17.9 Å². The first kappa shape index (κ1) is 17.6. The summed E-state index contributed by atoms with van der Waals surface area (Å²) < 4.78 is 1.70. The highest BCUT2D eigenvalue weighted by atomic mass is 16.2. The lowest BCUT2D eigenvalue weighted by Crippen LogP contribution is -2.45. The fraction of sp³-hybridized carbons (Fsp3) is 0.391. The van der Waals surface area contributed by atoms with Gasteiger partial charge in [-0.25, -0.2) is 9.50 Å². The van der Waals surface area contributed by atoms with E-state index in [-0.39, 0.29) is 29.9 Å². The van der Waals surface area contributed by atoms with Crippen molar-refractivity contribution in [3.8, 4) is 0 Å². The van der Waals surface area contributed by atoms with Gasteiger partial charge in [0.25, 0.3) is 5.91 Å². The summed E-state index contributed by atoms with van der Waals surface area (Å²) in [6.07, 6.45) is 6.41. The lowest BCUT2D eigenvalue weighted by atomic mass is 10.1. The Balaban J connectivity index is 1.26. The number of benzene rings is 1. The van der Waals surface area contributed by atoms with Crippen LogP contribution in [0.1, 0.15) is 40.0 Å². The summed E-state index contributed by atoms with van der Waals surface area (Å²) in [5.41, 5.74) is 4.76. The molecule has 0 saturated carbocycles. The van der Waals surface area contributed by atoms with Crippen LogP contribution in [0.15, 0.2) is 42.7 Å². The molecular weight excluding hydrogens is 378 g/mol. The molecule has 3 aliphatic rings. The first-order valence-corrected chi connectivity index (χ1v) is 10.6. The van der Waals surface area contributed by atoms with Gasteiger partial charge in [-0.15, -0.1) is 0 Å². The minimum absolute atomic E-state index is 0.0470. The van der Waals surface area contributed by atoms with Crippen molar-refractivity contribution in [3.63, 3.8) is 0 Å². The number of carbonyl (C=O) groups is 2. The molecular formula is C23H23N5O2. The Morgan fingerprint density at radius 1 is 1.07 bits per heavy atom. The summed E-state index contributed by atoms with van der Waals surface area (Å²) in [6.45, 7) is 2.57. The molecule has 0 spiro atoms. The topological polar surface area (TPSA) is 70.8 Å². The standard InChI is InChI=1S/C23H23N5O2/c1-14-18(13-24-21-6-8-25-28(14)21)23(30)26-9-7-19-20(26)12-22(29)27(19)17-10-15-4-2-3-5-16(15)11-17/h2-6,8,13,17,19-20H,7,9-12H2,1H3/t19-,20-/m0/s1. The van der Waals surface area contributed by atoms with Crippen LogP contribution in [0.25, 0.3) is 5.65 Å². The molecule has 7 nitrogen and oxygen atoms in total. The molecule has 0 bridgehead atoms. The number of aryl methyl sites for hydroxylation is 1. The van der Waals surface area contributed by atoms with Crippen molar-refractivity contribution in [1.29, 1.82) is 0 Å². The minimum atomic E-state index is -0.0542. The molecule has 2 aromatic heterocycles. The molecule has 2 saturated heterocycles. The molecule has 0 N–H and O–H groups in total. The molecule has 2 amide bonds. The van der Waals surface area contributed by atoms with E-state index < -0.39 is 0 Å². The number of hydrogen-bond acceptors (Lipinski definition) is 4. The number of aromatic nitrogens is 3. The second kappa shape index (κ2) is 6.39. The summed E-state index contributed by atoms with van der Waals surface area (Å²) in [5, 5.41) is 4.27. The van der Waals surface area contributed by atoms with Crippen LogP contribution in [0.3, 0.4) is 0 Å². The molecule has 2 fully saturated rings. The van der Waals surface area contributed by atoms with Gasteiger partial charge in [-0.05, 0) is 37.3 Å². The molecule has 7 heteroatoms. The fourth-order valence-electron chi connectivity index (χ4n) is 5.69. The zero-order valence-corrected chi connectivity index (χ0v) is 16.9. The van der Waals surface area contributed by atoms with E-state index in [4.69, 9.17) is 0 Å². The average Bonchev–Trinajstić information content (AvgIpc) is 3.50. The third kappa shape index (κ3) is 2.44. The Morgan fingerprint density at radius 3 is 2.60 bits per heavy atom. The Kier molecular flexibility index (Phi) is 3.75. The number of amides is 2. The Morgan fingerprint density at radius 2 is 1.83 bits per heavy atom. The molecule has 3 aromatic rings. The third-order valence-electron chi connectivity index (χ3n) is 7.11. The van der Waals surface area contributed by atoms with Crippen LogP contribution in [0.4, 0.5) is 0 Å². The highest BCUT2D eigenvalue weighted by molar-refractivity contribution is 5.96. The lowest BCUT2D eigenvalue weighted by molar-refractivity contribution is -0.131. The fourth-order valence-corrected chi connectivity index (χ4v) is 5.69. The summed E-state index contributed by atoms with van der Waals surface area (Å²) in [4.78, 5) is 34.8. The molecule has 152 valence electrons. The summed E-state index contributed by atoms with van der Waals surface area (Å²) in [5.74, 6) is 0.131. The van der Waals surface area contributed by atoms with E-state index in [1.54, 1.807) is 16.9 Å². The van der Waals surface area contributed by atoms with Crippen LogP contribution in [0, 0.1) is 6.92 Å². The molecule has 4 heterocycles. The van der Waals surface area contributed by atoms with Gasteiger partial charge in [-0.2, -0.15) is 5.10 Å². The van der Waals surface area contributed by atoms with Crippen LogP contribution in [0.5, 0.6) is 0 Å². The molecule has 6 rings (SSSR count). The summed E-state index contributed by atoms with van der Waals surface area (Å²) in [6, 6.07) is 10.6. The van der Waals surface area contributed by atoms with Crippen molar-refractivity contribution in [2.24, 2.45) is 0 Å². The van der Waals surface area contributed by atoms with E-state index in [2.05, 4.69) is 39.2 Å². The highest BCUT2D eigenvalue weighted by Gasteiger charge is 2.51. The first-order chi connectivity index (χ1) is 14.6. The van der Waals surface area contributed by atoms with E-state index in [0.717, 1.165) is 30.6 Å². The minimum Gasteiger partial charge on any atom is -0.334 e. The van der Waals surface area contributed by atoms with E-state index in [1.165, 1.54) is 11.1 Å². The normalized spacial score (nSPS) is 23.4. The van der Waals surface area contributed by atoms with Crippen LogP contribution >= 0.6 is 0 Å². The van der Waals surface area contributed by atoms with Crippen LogP contribution in [0.2, 0.25) is 0 Å². The SMILES string of the molecule is Cc1c(C(=O)N2CC[C@H]3[C@@H]2CC(=O)N3C2Cc3ccccc3C2)cnc2ccnn12. The predicted molar refractivity (Wildman–Crippen MR) is 110 cm³/mol. The molecule has 2 atom stereocenters. The second-order valence-electron chi connectivity index (χ2n) is 8.62.